The fraction of sp³-hybridized carbons (Fsp3) is 0.167. The van der Waals surface area contributed by atoms with Gasteiger partial charge < -0.3 is 14.4 Å². The predicted octanol–water partition coefficient (Wildman–Crippen LogP) is 4.36. The Hall–Kier alpha value is -3.60. The normalized spacial score (nSPS) is 12.3. The molecular formula is C24H22N2O3. The molecule has 0 aliphatic carbocycles. The van der Waals surface area contributed by atoms with E-state index in [4.69, 9.17) is 9.47 Å². The van der Waals surface area contributed by atoms with E-state index in [0.29, 0.717) is 18.8 Å². The highest BCUT2D eigenvalue weighted by Gasteiger charge is 2.15. The Morgan fingerprint density at radius 2 is 1.93 bits per heavy atom. The van der Waals surface area contributed by atoms with Gasteiger partial charge in [-0.3, -0.25) is 9.78 Å². The van der Waals surface area contributed by atoms with E-state index >= 15 is 0 Å². The first-order chi connectivity index (χ1) is 14.2. The molecule has 3 aromatic rings. The molecule has 0 spiro atoms. The maximum absolute atomic E-state index is 13.0. The molecule has 1 aliphatic rings. The highest BCUT2D eigenvalue weighted by Crippen LogP contribution is 2.32. The quantitative estimate of drug-likeness (QED) is 0.591. The molecule has 1 amide bonds. The van der Waals surface area contributed by atoms with Crippen molar-refractivity contribution < 1.29 is 14.3 Å². The standard InChI is InChI=1S/C24H22N2O3/c1-18-5-2-3-7-21(18)16-26(15-20-6-4-12-25-14-20)24(27)11-9-19-8-10-22-23(13-19)29-17-28-22/h2-14H,15-17H2,1H3. The minimum atomic E-state index is -0.0604. The fourth-order valence-electron chi connectivity index (χ4n) is 3.21. The molecule has 2 heterocycles. The number of hydrogen-bond acceptors (Lipinski definition) is 4. The number of nitrogens with zero attached hydrogens (tertiary/aromatic N) is 2. The highest BCUT2D eigenvalue weighted by atomic mass is 16.7. The van der Waals surface area contributed by atoms with E-state index < -0.39 is 0 Å². The fourth-order valence-corrected chi connectivity index (χ4v) is 3.21. The summed E-state index contributed by atoms with van der Waals surface area (Å²) in [6.07, 6.45) is 6.93. The Balaban J connectivity index is 1.54. The number of hydrogen-bond donors (Lipinski definition) is 0. The summed E-state index contributed by atoms with van der Waals surface area (Å²) in [5.74, 6) is 1.37. The molecule has 29 heavy (non-hydrogen) atoms. The molecule has 0 saturated heterocycles. The Kier molecular flexibility index (Phi) is 5.56. The second kappa shape index (κ2) is 8.61. The van der Waals surface area contributed by atoms with Gasteiger partial charge in [-0.05, 0) is 53.5 Å². The molecule has 0 saturated carbocycles. The van der Waals surface area contributed by atoms with Crippen LogP contribution in [-0.2, 0) is 17.9 Å². The smallest absolute Gasteiger partial charge is 0.247 e. The third-order valence-electron chi connectivity index (χ3n) is 4.85. The maximum Gasteiger partial charge on any atom is 0.247 e. The van der Waals surface area contributed by atoms with E-state index in [1.165, 1.54) is 0 Å². The van der Waals surface area contributed by atoms with Crippen LogP contribution in [0.15, 0.2) is 73.1 Å². The number of rotatable bonds is 6. The summed E-state index contributed by atoms with van der Waals surface area (Å²) in [7, 11) is 0. The second-order valence-electron chi connectivity index (χ2n) is 6.93. The molecule has 5 nitrogen and oxygen atoms in total. The van der Waals surface area contributed by atoms with E-state index in [1.54, 1.807) is 24.5 Å². The number of ether oxygens (including phenoxy) is 2. The van der Waals surface area contributed by atoms with E-state index in [9.17, 15) is 4.79 Å². The molecule has 0 bridgehead atoms. The van der Waals surface area contributed by atoms with Crippen LogP contribution in [0.1, 0.15) is 22.3 Å². The Labute approximate surface area is 170 Å². The maximum atomic E-state index is 13.0. The molecular weight excluding hydrogens is 364 g/mol. The van der Waals surface area contributed by atoms with Crippen molar-refractivity contribution in [3.05, 3.63) is 95.3 Å². The molecule has 2 aromatic carbocycles. The van der Waals surface area contributed by atoms with Crippen molar-refractivity contribution >= 4 is 12.0 Å². The van der Waals surface area contributed by atoms with Crippen molar-refractivity contribution in [2.24, 2.45) is 0 Å². The zero-order valence-corrected chi connectivity index (χ0v) is 16.2. The minimum absolute atomic E-state index is 0.0604. The first-order valence-corrected chi connectivity index (χ1v) is 9.49. The van der Waals surface area contributed by atoms with E-state index in [-0.39, 0.29) is 12.7 Å². The molecule has 1 aromatic heterocycles. The van der Waals surface area contributed by atoms with Crippen LogP contribution >= 0.6 is 0 Å². The van der Waals surface area contributed by atoms with Crippen molar-refractivity contribution in [1.82, 2.24) is 9.88 Å². The van der Waals surface area contributed by atoms with Crippen molar-refractivity contribution in [3.63, 3.8) is 0 Å². The van der Waals surface area contributed by atoms with E-state index in [1.807, 2.05) is 47.4 Å². The molecule has 0 N–H and O–H groups in total. The summed E-state index contributed by atoms with van der Waals surface area (Å²) in [5.41, 5.74) is 4.17. The topological polar surface area (TPSA) is 51.7 Å². The van der Waals surface area contributed by atoms with E-state index in [2.05, 4.69) is 24.0 Å². The zero-order valence-electron chi connectivity index (χ0n) is 16.2. The lowest BCUT2D eigenvalue weighted by Gasteiger charge is -2.22. The van der Waals surface area contributed by atoms with Crippen molar-refractivity contribution in [3.8, 4) is 11.5 Å². The van der Waals surface area contributed by atoms with E-state index in [0.717, 1.165) is 28.0 Å². The van der Waals surface area contributed by atoms with Gasteiger partial charge in [0.1, 0.15) is 0 Å². The van der Waals surface area contributed by atoms with Gasteiger partial charge in [0.15, 0.2) is 11.5 Å². The van der Waals surface area contributed by atoms with Crippen molar-refractivity contribution in [1.29, 1.82) is 0 Å². The van der Waals surface area contributed by atoms with Gasteiger partial charge in [0.25, 0.3) is 0 Å². The Morgan fingerprint density at radius 1 is 1.07 bits per heavy atom. The van der Waals surface area contributed by atoms with Crippen LogP contribution in [0.3, 0.4) is 0 Å². The number of benzene rings is 2. The van der Waals surface area contributed by atoms with Crippen LogP contribution in [0.5, 0.6) is 11.5 Å². The lowest BCUT2D eigenvalue weighted by Crippen LogP contribution is -2.28. The largest absolute Gasteiger partial charge is 0.454 e. The average molecular weight is 386 g/mol. The first-order valence-electron chi connectivity index (χ1n) is 9.49. The van der Waals surface area contributed by atoms with Crippen LogP contribution in [0, 0.1) is 6.92 Å². The number of fused-ring (bicyclic) bond motifs is 1. The molecule has 1 aliphatic heterocycles. The van der Waals surface area contributed by atoms with Gasteiger partial charge in [-0.15, -0.1) is 0 Å². The van der Waals surface area contributed by atoms with Crippen LogP contribution in [0.25, 0.3) is 6.08 Å². The van der Waals surface area contributed by atoms with Crippen molar-refractivity contribution in [2.75, 3.05) is 6.79 Å². The number of aryl methyl sites for hydroxylation is 1. The summed E-state index contributed by atoms with van der Waals surface area (Å²) in [4.78, 5) is 19.0. The summed E-state index contributed by atoms with van der Waals surface area (Å²) in [6, 6.07) is 17.6. The number of aromatic nitrogens is 1. The lowest BCUT2D eigenvalue weighted by atomic mass is 10.1. The molecule has 0 radical (unpaired) electrons. The molecule has 5 heteroatoms. The third-order valence-corrected chi connectivity index (χ3v) is 4.85. The summed E-state index contributed by atoms with van der Waals surface area (Å²) >= 11 is 0. The van der Waals surface area contributed by atoms with Gasteiger partial charge in [-0.25, -0.2) is 0 Å². The monoisotopic (exact) mass is 386 g/mol. The molecule has 4 rings (SSSR count). The Morgan fingerprint density at radius 3 is 2.76 bits per heavy atom. The predicted molar refractivity (Wildman–Crippen MR) is 111 cm³/mol. The number of pyridine rings is 1. The molecule has 0 atom stereocenters. The minimum Gasteiger partial charge on any atom is -0.454 e. The van der Waals surface area contributed by atoms with Gasteiger partial charge in [0.05, 0.1) is 0 Å². The first kappa shape index (κ1) is 18.7. The van der Waals surface area contributed by atoms with Crippen LogP contribution < -0.4 is 9.47 Å². The second-order valence-corrected chi connectivity index (χ2v) is 6.93. The highest BCUT2D eigenvalue weighted by molar-refractivity contribution is 5.91. The zero-order chi connectivity index (χ0) is 20.1. The number of carbonyl (C=O) groups excluding carboxylic acids is 1. The van der Waals surface area contributed by atoms with Gasteiger partial charge in [0.2, 0.25) is 12.7 Å². The molecule has 146 valence electrons. The van der Waals surface area contributed by atoms with Gasteiger partial charge in [0, 0.05) is 31.6 Å². The van der Waals surface area contributed by atoms with Crippen LogP contribution in [0.2, 0.25) is 0 Å². The molecule has 0 unspecified atom stereocenters. The van der Waals surface area contributed by atoms with Gasteiger partial charge in [-0.2, -0.15) is 0 Å². The summed E-state index contributed by atoms with van der Waals surface area (Å²) in [6.45, 7) is 3.32. The average Bonchev–Trinajstić information content (AvgIpc) is 3.22. The van der Waals surface area contributed by atoms with Crippen LogP contribution in [0.4, 0.5) is 0 Å². The summed E-state index contributed by atoms with van der Waals surface area (Å²) in [5, 5.41) is 0. The van der Waals surface area contributed by atoms with Gasteiger partial charge >= 0.3 is 0 Å². The SMILES string of the molecule is Cc1ccccc1CN(Cc1cccnc1)C(=O)C=Cc1ccc2c(c1)OCO2. The summed E-state index contributed by atoms with van der Waals surface area (Å²) < 4.78 is 10.7. The lowest BCUT2D eigenvalue weighted by molar-refractivity contribution is -0.127. The third kappa shape index (κ3) is 4.63. The van der Waals surface area contributed by atoms with Crippen LogP contribution in [-0.4, -0.2) is 22.6 Å². The van der Waals surface area contributed by atoms with Gasteiger partial charge in [-0.1, -0.05) is 36.4 Å². The number of carbonyl (C=O) groups is 1. The number of amides is 1. The van der Waals surface area contributed by atoms with Crippen molar-refractivity contribution in [2.45, 2.75) is 20.0 Å². The Bertz CT molecular complexity index is 1030. The molecule has 0 fully saturated rings.